The fourth-order valence-corrected chi connectivity index (χ4v) is 2.49. The minimum Gasteiger partial charge on any atom is -0.438 e. The van der Waals surface area contributed by atoms with Crippen molar-refractivity contribution in [1.82, 2.24) is 10.3 Å². The highest BCUT2D eigenvalue weighted by atomic mass is 16.5. The van der Waals surface area contributed by atoms with E-state index in [1.165, 1.54) is 11.1 Å². The third kappa shape index (κ3) is 1.97. The zero-order valence-electron chi connectivity index (χ0n) is 10.4. The topological polar surface area (TPSA) is 34.2 Å². The second kappa shape index (κ2) is 4.78. The van der Waals surface area contributed by atoms with E-state index < -0.39 is 0 Å². The van der Waals surface area contributed by atoms with E-state index in [0.29, 0.717) is 5.92 Å². The summed E-state index contributed by atoms with van der Waals surface area (Å²) in [6.45, 7) is 0.939. The van der Waals surface area contributed by atoms with Gasteiger partial charge in [0.25, 0.3) is 0 Å². The molecule has 2 aromatic rings. The predicted octanol–water partition coefficient (Wildman–Crippen LogP) is 2.73. The molecule has 3 rings (SSSR count). The maximum atomic E-state index is 5.94. The van der Waals surface area contributed by atoms with Gasteiger partial charge in [-0.2, -0.15) is 0 Å². The van der Waals surface area contributed by atoms with Crippen LogP contribution in [-0.4, -0.2) is 18.6 Å². The first-order valence-electron chi connectivity index (χ1n) is 6.24. The van der Waals surface area contributed by atoms with Gasteiger partial charge in [-0.1, -0.05) is 24.3 Å². The van der Waals surface area contributed by atoms with Crippen LogP contribution in [0.5, 0.6) is 11.6 Å². The van der Waals surface area contributed by atoms with Crippen LogP contribution in [0, 0.1) is 0 Å². The molecule has 0 saturated carbocycles. The third-order valence-corrected chi connectivity index (χ3v) is 3.33. The molecule has 0 unspecified atom stereocenters. The highest BCUT2D eigenvalue weighted by Gasteiger charge is 2.22. The zero-order valence-corrected chi connectivity index (χ0v) is 10.4. The molecule has 2 heterocycles. The Kier molecular flexibility index (Phi) is 2.99. The van der Waals surface area contributed by atoms with Crippen molar-refractivity contribution in [2.45, 2.75) is 12.3 Å². The second-order valence-corrected chi connectivity index (χ2v) is 4.57. The minimum atomic E-state index is 0.427. The molecule has 1 atom stereocenters. The number of nitrogens with one attached hydrogen (secondary N) is 1. The Morgan fingerprint density at radius 2 is 2.17 bits per heavy atom. The van der Waals surface area contributed by atoms with Gasteiger partial charge < -0.3 is 10.1 Å². The molecule has 1 aliphatic heterocycles. The summed E-state index contributed by atoms with van der Waals surface area (Å²) >= 11 is 0. The lowest BCUT2D eigenvalue weighted by molar-refractivity contribution is 0.458. The van der Waals surface area contributed by atoms with E-state index in [9.17, 15) is 0 Å². The third-order valence-electron chi connectivity index (χ3n) is 3.33. The molecule has 0 radical (unpaired) electrons. The summed E-state index contributed by atoms with van der Waals surface area (Å²) in [6, 6.07) is 12.3. The van der Waals surface area contributed by atoms with Crippen molar-refractivity contribution in [1.29, 1.82) is 0 Å². The largest absolute Gasteiger partial charge is 0.438 e. The number of fused-ring (bicyclic) bond motifs is 2. The summed E-state index contributed by atoms with van der Waals surface area (Å²) < 4.78 is 5.94. The Labute approximate surface area is 107 Å². The summed E-state index contributed by atoms with van der Waals surface area (Å²) in [5, 5.41) is 3.26. The molecule has 1 aliphatic rings. The van der Waals surface area contributed by atoms with Crippen molar-refractivity contribution in [3.05, 3.63) is 53.7 Å². The van der Waals surface area contributed by atoms with Crippen molar-refractivity contribution in [3.8, 4) is 11.6 Å². The number of hydrogen-bond donors (Lipinski definition) is 1. The van der Waals surface area contributed by atoms with Crippen LogP contribution in [0.4, 0.5) is 0 Å². The van der Waals surface area contributed by atoms with Crippen LogP contribution in [0.1, 0.15) is 17.0 Å². The first-order chi connectivity index (χ1) is 8.88. The molecule has 3 heteroatoms. The van der Waals surface area contributed by atoms with Crippen LogP contribution in [0.15, 0.2) is 42.6 Å². The normalized spacial score (nSPS) is 17.3. The highest BCUT2D eigenvalue weighted by Crippen LogP contribution is 2.37. The van der Waals surface area contributed by atoms with Gasteiger partial charge in [0.05, 0.1) is 0 Å². The molecular weight excluding hydrogens is 224 g/mol. The molecule has 92 valence electrons. The maximum Gasteiger partial charge on any atom is 0.222 e. The number of pyridine rings is 1. The van der Waals surface area contributed by atoms with Gasteiger partial charge in [-0.25, -0.2) is 4.98 Å². The smallest absolute Gasteiger partial charge is 0.222 e. The van der Waals surface area contributed by atoms with Gasteiger partial charge in [0, 0.05) is 24.2 Å². The van der Waals surface area contributed by atoms with E-state index in [1.807, 2.05) is 25.2 Å². The number of nitrogens with zero attached hydrogens (tertiary/aromatic N) is 1. The van der Waals surface area contributed by atoms with Gasteiger partial charge in [0.1, 0.15) is 5.75 Å². The van der Waals surface area contributed by atoms with Crippen LogP contribution in [0.25, 0.3) is 0 Å². The number of para-hydroxylation sites is 1. The minimum absolute atomic E-state index is 0.427. The monoisotopic (exact) mass is 240 g/mol. The number of hydrogen-bond acceptors (Lipinski definition) is 3. The van der Waals surface area contributed by atoms with Gasteiger partial charge in [-0.05, 0) is 31.2 Å². The Bertz CT molecular complexity index is 554. The lowest BCUT2D eigenvalue weighted by Crippen LogP contribution is -2.18. The zero-order chi connectivity index (χ0) is 12.4. The van der Waals surface area contributed by atoms with Crippen molar-refractivity contribution in [3.63, 3.8) is 0 Å². The standard InChI is InChI=1S/C15H16N2O/c1-16-10-12-9-11-5-4-8-17-15(11)18-14-7-3-2-6-13(12)14/h2-8,12,16H,9-10H2,1H3/t12-/m0/s1. The quantitative estimate of drug-likeness (QED) is 0.876. The fraction of sp³-hybridized carbons (Fsp3) is 0.267. The molecular formula is C15H16N2O. The molecule has 18 heavy (non-hydrogen) atoms. The molecule has 0 saturated heterocycles. The molecule has 1 N–H and O–H groups in total. The fourth-order valence-electron chi connectivity index (χ4n) is 2.49. The van der Waals surface area contributed by atoms with Crippen LogP contribution < -0.4 is 10.1 Å². The van der Waals surface area contributed by atoms with Crippen LogP contribution in [0.3, 0.4) is 0 Å². The van der Waals surface area contributed by atoms with E-state index in [2.05, 4.69) is 28.5 Å². The van der Waals surface area contributed by atoms with Crippen molar-refractivity contribution in [2.75, 3.05) is 13.6 Å². The lowest BCUT2D eigenvalue weighted by Gasteiger charge is -2.15. The Balaban J connectivity index is 2.08. The van der Waals surface area contributed by atoms with E-state index in [0.717, 1.165) is 24.6 Å². The van der Waals surface area contributed by atoms with Gasteiger partial charge in [0.15, 0.2) is 0 Å². The van der Waals surface area contributed by atoms with Crippen LogP contribution in [0.2, 0.25) is 0 Å². The summed E-state index contributed by atoms with van der Waals surface area (Å²) in [5.41, 5.74) is 2.43. The molecule has 1 aromatic carbocycles. The van der Waals surface area contributed by atoms with Gasteiger partial charge >= 0.3 is 0 Å². The van der Waals surface area contributed by atoms with Crippen LogP contribution in [-0.2, 0) is 6.42 Å². The molecule has 0 spiro atoms. The highest BCUT2D eigenvalue weighted by molar-refractivity contribution is 5.44. The molecule has 0 amide bonds. The number of ether oxygens (including phenoxy) is 1. The second-order valence-electron chi connectivity index (χ2n) is 4.57. The summed E-state index contributed by atoms with van der Waals surface area (Å²) in [4.78, 5) is 4.33. The van der Waals surface area contributed by atoms with Crippen molar-refractivity contribution < 1.29 is 4.74 Å². The van der Waals surface area contributed by atoms with Crippen molar-refractivity contribution >= 4 is 0 Å². The summed E-state index contributed by atoms with van der Waals surface area (Å²) in [5.74, 6) is 2.09. The maximum absolute atomic E-state index is 5.94. The lowest BCUT2D eigenvalue weighted by atomic mass is 9.92. The average Bonchev–Trinajstić information content (AvgIpc) is 2.56. The summed E-state index contributed by atoms with van der Waals surface area (Å²) in [6.07, 6.45) is 2.74. The number of benzene rings is 1. The van der Waals surface area contributed by atoms with E-state index in [-0.39, 0.29) is 0 Å². The first-order valence-corrected chi connectivity index (χ1v) is 6.24. The van der Waals surface area contributed by atoms with E-state index in [4.69, 9.17) is 4.74 Å². The number of rotatable bonds is 2. The van der Waals surface area contributed by atoms with E-state index in [1.54, 1.807) is 6.20 Å². The van der Waals surface area contributed by atoms with Gasteiger partial charge in [0.2, 0.25) is 5.88 Å². The number of likely N-dealkylation sites (N-methyl/N-ethyl adjacent to an activating group) is 1. The van der Waals surface area contributed by atoms with Gasteiger partial charge in [-0.3, -0.25) is 0 Å². The average molecular weight is 240 g/mol. The van der Waals surface area contributed by atoms with Crippen molar-refractivity contribution in [2.24, 2.45) is 0 Å². The Morgan fingerprint density at radius 1 is 1.28 bits per heavy atom. The Hall–Kier alpha value is -1.87. The molecule has 0 fully saturated rings. The predicted molar refractivity (Wildman–Crippen MR) is 71.1 cm³/mol. The SMILES string of the molecule is CNC[C@@H]1Cc2cccnc2Oc2ccccc21. The molecule has 3 nitrogen and oxygen atoms in total. The summed E-state index contributed by atoms with van der Waals surface area (Å²) in [7, 11) is 1.98. The van der Waals surface area contributed by atoms with Crippen LogP contribution >= 0.6 is 0 Å². The van der Waals surface area contributed by atoms with E-state index >= 15 is 0 Å². The van der Waals surface area contributed by atoms with Gasteiger partial charge in [-0.15, -0.1) is 0 Å². The first kappa shape index (κ1) is 11.2. The Morgan fingerprint density at radius 3 is 3.06 bits per heavy atom. The molecule has 0 aliphatic carbocycles. The molecule has 0 bridgehead atoms. The number of aromatic nitrogens is 1. The molecule has 1 aromatic heterocycles.